The molecule has 21 heavy (non-hydrogen) atoms. The third-order valence-electron chi connectivity index (χ3n) is 3.55. The van der Waals surface area contributed by atoms with Crippen LogP contribution in [-0.4, -0.2) is 19.3 Å². The molecule has 3 rings (SSSR count). The second kappa shape index (κ2) is 5.48. The molecule has 0 atom stereocenters. The first-order chi connectivity index (χ1) is 10.1. The molecule has 0 bridgehead atoms. The van der Waals surface area contributed by atoms with E-state index in [0.29, 0.717) is 12.4 Å². The largest absolute Gasteiger partial charge is 0.307 e. The lowest BCUT2D eigenvalue weighted by Crippen LogP contribution is -2.07. The predicted octanol–water partition coefficient (Wildman–Crippen LogP) is 3.26. The monoisotopic (exact) mass is 306 g/mol. The van der Waals surface area contributed by atoms with Crippen molar-refractivity contribution in [1.29, 1.82) is 0 Å². The van der Waals surface area contributed by atoms with Gasteiger partial charge < -0.3 is 4.57 Å². The number of imidazole rings is 1. The van der Waals surface area contributed by atoms with Crippen LogP contribution in [0.5, 0.6) is 0 Å². The highest BCUT2D eigenvalue weighted by Gasteiger charge is 2.18. The normalized spacial score (nSPS) is 11.4. The Labute approximate surface area is 127 Å². The second-order valence-electron chi connectivity index (χ2n) is 4.97. The molecule has 3 aromatic rings. The number of alkyl halides is 1. The van der Waals surface area contributed by atoms with Crippen molar-refractivity contribution in [3.8, 4) is 0 Å². The second-order valence-corrected chi connectivity index (χ2v) is 5.24. The lowest BCUT2D eigenvalue weighted by Gasteiger charge is -2.08. The van der Waals surface area contributed by atoms with Gasteiger partial charge in [-0.25, -0.2) is 9.37 Å². The molecule has 0 aliphatic heterocycles. The van der Waals surface area contributed by atoms with Gasteiger partial charge in [0.2, 0.25) is 0 Å². The van der Waals surface area contributed by atoms with Crippen LogP contribution in [0.3, 0.4) is 0 Å². The lowest BCUT2D eigenvalue weighted by atomic mass is 10.2. The van der Waals surface area contributed by atoms with E-state index in [1.807, 2.05) is 29.3 Å². The summed E-state index contributed by atoms with van der Waals surface area (Å²) in [4.78, 5) is 4.60. The smallest absolute Gasteiger partial charge is 0.159 e. The van der Waals surface area contributed by atoms with Gasteiger partial charge in [0.05, 0.1) is 18.1 Å². The van der Waals surface area contributed by atoms with E-state index in [2.05, 4.69) is 10.1 Å². The van der Waals surface area contributed by atoms with E-state index in [4.69, 9.17) is 11.6 Å². The van der Waals surface area contributed by atoms with E-state index in [0.717, 1.165) is 34.7 Å². The number of aryl methyl sites for hydroxylation is 2. The number of fused-ring (bicyclic) bond motifs is 1. The van der Waals surface area contributed by atoms with Crippen LogP contribution in [0.4, 0.5) is 4.39 Å². The van der Waals surface area contributed by atoms with Crippen LogP contribution in [0.2, 0.25) is 0 Å². The van der Waals surface area contributed by atoms with Gasteiger partial charge in [0.25, 0.3) is 0 Å². The summed E-state index contributed by atoms with van der Waals surface area (Å²) in [6.07, 6.45) is 0.816. The van der Waals surface area contributed by atoms with Gasteiger partial charge in [-0.2, -0.15) is 5.10 Å². The van der Waals surface area contributed by atoms with E-state index < -0.39 is 0 Å². The molecule has 110 valence electrons. The van der Waals surface area contributed by atoms with Crippen molar-refractivity contribution >= 4 is 22.8 Å². The molecule has 6 heteroatoms. The zero-order chi connectivity index (χ0) is 15.0. The van der Waals surface area contributed by atoms with Crippen molar-refractivity contribution in [3.63, 3.8) is 0 Å². The summed E-state index contributed by atoms with van der Waals surface area (Å²) in [7, 11) is 1.89. The van der Waals surface area contributed by atoms with Crippen molar-refractivity contribution in [2.45, 2.75) is 25.8 Å². The van der Waals surface area contributed by atoms with E-state index in [9.17, 15) is 4.39 Å². The molecule has 2 aromatic heterocycles. The molecule has 1 aromatic carbocycles. The molecule has 0 aliphatic carbocycles. The number of nitrogens with zero attached hydrogens (tertiary/aromatic N) is 4. The first kappa shape index (κ1) is 14.1. The average Bonchev–Trinajstić information content (AvgIpc) is 2.97. The van der Waals surface area contributed by atoms with Crippen LogP contribution in [0.25, 0.3) is 11.2 Å². The molecule has 0 unspecified atom stereocenters. The molecule has 0 spiro atoms. The first-order valence-corrected chi connectivity index (χ1v) is 7.38. The number of hydrogen-bond donors (Lipinski definition) is 0. The Morgan fingerprint density at radius 1 is 1.33 bits per heavy atom. The molecule has 0 fully saturated rings. The Balaban J connectivity index is 2.14. The summed E-state index contributed by atoms with van der Waals surface area (Å²) < 4.78 is 17.2. The average molecular weight is 307 g/mol. The summed E-state index contributed by atoms with van der Waals surface area (Å²) in [6, 6.07) is 6.57. The molecule has 0 amide bonds. The Hall–Kier alpha value is -1.88. The maximum atomic E-state index is 13.4. The quantitative estimate of drug-likeness (QED) is 0.694. The fourth-order valence-corrected chi connectivity index (χ4v) is 2.82. The SMILES string of the molecule is CCc1nn(C)c2c1nc(CCl)n2Cc1cccc(F)c1. The fraction of sp³-hybridized carbons (Fsp3) is 0.333. The molecule has 0 saturated heterocycles. The molecule has 0 N–H and O–H groups in total. The summed E-state index contributed by atoms with van der Waals surface area (Å²) in [5.74, 6) is 0.849. The van der Waals surface area contributed by atoms with Crippen molar-refractivity contribution in [2.24, 2.45) is 7.05 Å². The maximum Gasteiger partial charge on any atom is 0.159 e. The number of aromatic nitrogens is 4. The highest BCUT2D eigenvalue weighted by molar-refractivity contribution is 6.16. The van der Waals surface area contributed by atoms with Gasteiger partial charge in [-0.15, -0.1) is 11.6 Å². The topological polar surface area (TPSA) is 35.6 Å². The van der Waals surface area contributed by atoms with E-state index in [1.165, 1.54) is 12.1 Å². The van der Waals surface area contributed by atoms with Gasteiger partial charge in [0, 0.05) is 7.05 Å². The van der Waals surface area contributed by atoms with E-state index in [-0.39, 0.29) is 5.82 Å². The molecule has 0 saturated carbocycles. The van der Waals surface area contributed by atoms with Crippen molar-refractivity contribution in [3.05, 3.63) is 47.2 Å². The Kier molecular flexibility index (Phi) is 3.68. The molecule has 0 radical (unpaired) electrons. The van der Waals surface area contributed by atoms with Gasteiger partial charge in [-0.1, -0.05) is 19.1 Å². The van der Waals surface area contributed by atoms with Gasteiger partial charge in [-0.05, 0) is 24.1 Å². The van der Waals surface area contributed by atoms with Gasteiger partial charge >= 0.3 is 0 Å². The first-order valence-electron chi connectivity index (χ1n) is 6.85. The number of rotatable bonds is 4. The fourth-order valence-electron chi connectivity index (χ4n) is 2.61. The molecule has 0 aliphatic rings. The Bertz CT molecular complexity index is 790. The summed E-state index contributed by atoms with van der Waals surface area (Å²) >= 11 is 6.02. The maximum absolute atomic E-state index is 13.4. The third kappa shape index (κ3) is 2.42. The molecule has 2 heterocycles. The van der Waals surface area contributed by atoms with Crippen molar-refractivity contribution in [1.82, 2.24) is 19.3 Å². The number of halogens is 2. The van der Waals surface area contributed by atoms with Crippen molar-refractivity contribution in [2.75, 3.05) is 0 Å². The summed E-state index contributed by atoms with van der Waals surface area (Å²) in [5, 5.41) is 4.48. The molecule has 4 nitrogen and oxygen atoms in total. The minimum Gasteiger partial charge on any atom is -0.307 e. The number of benzene rings is 1. The summed E-state index contributed by atoms with van der Waals surface area (Å²) in [6.45, 7) is 2.58. The minimum atomic E-state index is -0.240. The zero-order valence-corrected chi connectivity index (χ0v) is 12.7. The van der Waals surface area contributed by atoms with Crippen LogP contribution in [0.1, 0.15) is 24.0 Å². The molecular weight excluding hydrogens is 291 g/mol. The highest BCUT2D eigenvalue weighted by atomic mass is 35.5. The zero-order valence-electron chi connectivity index (χ0n) is 12.0. The van der Waals surface area contributed by atoms with Crippen LogP contribution in [-0.2, 0) is 25.9 Å². The van der Waals surface area contributed by atoms with Gasteiger partial charge in [-0.3, -0.25) is 4.68 Å². The Morgan fingerprint density at radius 3 is 2.81 bits per heavy atom. The van der Waals surface area contributed by atoms with Crippen LogP contribution in [0.15, 0.2) is 24.3 Å². The van der Waals surface area contributed by atoms with E-state index in [1.54, 1.807) is 6.07 Å². The lowest BCUT2D eigenvalue weighted by molar-refractivity contribution is 0.622. The van der Waals surface area contributed by atoms with Gasteiger partial charge in [0.15, 0.2) is 5.65 Å². The van der Waals surface area contributed by atoms with Crippen molar-refractivity contribution < 1.29 is 4.39 Å². The Morgan fingerprint density at radius 2 is 2.14 bits per heavy atom. The van der Waals surface area contributed by atoms with Crippen LogP contribution < -0.4 is 0 Å². The molecular formula is C15H16ClFN4. The number of hydrogen-bond acceptors (Lipinski definition) is 2. The van der Waals surface area contributed by atoms with Gasteiger partial charge in [0.1, 0.15) is 17.2 Å². The van der Waals surface area contributed by atoms with Crippen LogP contribution in [0, 0.1) is 5.82 Å². The highest BCUT2D eigenvalue weighted by Crippen LogP contribution is 2.22. The minimum absolute atomic E-state index is 0.240. The standard InChI is InChI=1S/C15H16ClFN4/c1-3-12-14-15(20(2)19-12)21(13(8-16)18-14)9-10-5-4-6-11(17)7-10/h4-7H,3,8-9H2,1-2H3. The third-order valence-corrected chi connectivity index (χ3v) is 3.79. The summed E-state index contributed by atoms with van der Waals surface area (Å²) in [5.41, 5.74) is 3.63. The predicted molar refractivity (Wildman–Crippen MR) is 80.9 cm³/mol. The van der Waals surface area contributed by atoms with E-state index >= 15 is 0 Å². The van der Waals surface area contributed by atoms with Crippen LogP contribution >= 0.6 is 11.6 Å².